The van der Waals surface area contributed by atoms with E-state index in [-0.39, 0.29) is 0 Å². The number of H-pyrrole nitrogens is 1. The van der Waals surface area contributed by atoms with E-state index in [1.54, 1.807) is 6.33 Å². The number of aromatic amines is 1. The van der Waals surface area contributed by atoms with Gasteiger partial charge in [-0.3, -0.25) is 5.10 Å². The number of pyridine rings is 1. The zero-order chi connectivity index (χ0) is 15.4. The third kappa shape index (κ3) is 2.09. The lowest BCUT2D eigenvalue weighted by molar-refractivity contribution is 0.708. The highest BCUT2D eigenvalue weighted by Crippen LogP contribution is 2.42. The predicted molar refractivity (Wildman–Crippen MR) is 87.4 cm³/mol. The Balaban J connectivity index is 1.58. The fraction of sp³-hybridized carbons (Fsp3) is 0.412. The van der Waals surface area contributed by atoms with Gasteiger partial charge < -0.3 is 4.90 Å². The van der Waals surface area contributed by atoms with Crippen LogP contribution in [0.25, 0.3) is 11.0 Å². The monoisotopic (exact) mass is 306 g/mol. The van der Waals surface area contributed by atoms with E-state index in [1.807, 2.05) is 19.1 Å². The minimum absolute atomic E-state index is 0.664. The van der Waals surface area contributed by atoms with Crippen molar-refractivity contribution in [3.05, 3.63) is 41.1 Å². The van der Waals surface area contributed by atoms with Crippen LogP contribution in [0.15, 0.2) is 18.5 Å². The fourth-order valence-electron chi connectivity index (χ4n) is 3.45. The average molecular weight is 306 g/mol. The standard InChI is InChI=1S/C17H18N6/c1-10-2-5-14-16(20-10)17(19-9-18-14)23-7-6-13-12(8-23)15(22-21-13)11-3-4-11/h2,5,9,11H,3-4,6-8H2,1H3,(H,21,22). The Morgan fingerprint density at radius 2 is 2.13 bits per heavy atom. The Hall–Kier alpha value is -2.50. The first-order chi connectivity index (χ1) is 11.3. The van der Waals surface area contributed by atoms with Crippen LogP contribution in [0.3, 0.4) is 0 Å². The molecule has 4 heterocycles. The first-order valence-electron chi connectivity index (χ1n) is 8.19. The van der Waals surface area contributed by atoms with Crippen LogP contribution in [0.1, 0.15) is 41.4 Å². The van der Waals surface area contributed by atoms with E-state index in [0.717, 1.165) is 42.1 Å². The van der Waals surface area contributed by atoms with Gasteiger partial charge >= 0.3 is 0 Å². The molecule has 116 valence electrons. The second kappa shape index (κ2) is 4.75. The maximum absolute atomic E-state index is 4.67. The lowest BCUT2D eigenvalue weighted by Crippen LogP contribution is -2.31. The van der Waals surface area contributed by atoms with Crippen LogP contribution in [-0.4, -0.2) is 31.7 Å². The Kier molecular flexibility index (Phi) is 2.68. The summed E-state index contributed by atoms with van der Waals surface area (Å²) >= 11 is 0. The van der Waals surface area contributed by atoms with Crippen LogP contribution in [0.5, 0.6) is 0 Å². The van der Waals surface area contributed by atoms with E-state index in [9.17, 15) is 0 Å². The molecule has 0 saturated heterocycles. The van der Waals surface area contributed by atoms with Gasteiger partial charge in [-0.25, -0.2) is 15.0 Å². The molecule has 0 aromatic carbocycles. The summed E-state index contributed by atoms with van der Waals surface area (Å²) in [6.45, 7) is 3.80. The molecule has 3 aromatic rings. The summed E-state index contributed by atoms with van der Waals surface area (Å²) in [5, 5.41) is 7.81. The van der Waals surface area contributed by atoms with Crippen LogP contribution >= 0.6 is 0 Å². The van der Waals surface area contributed by atoms with Crippen molar-refractivity contribution < 1.29 is 0 Å². The van der Waals surface area contributed by atoms with E-state index >= 15 is 0 Å². The molecule has 0 spiro atoms. The van der Waals surface area contributed by atoms with Gasteiger partial charge in [-0.2, -0.15) is 5.10 Å². The van der Waals surface area contributed by atoms with Gasteiger partial charge in [0, 0.05) is 42.4 Å². The van der Waals surface area contributed by atoms with Gasteiger partial charge in [0.1, 0.15) is 11.8 Å². The molecule has 23 heavy (non-hydrogen) atoms. The topological polar surface area (TPSA) is 70.6 Å². The second-order valence-electron chi connectivity index (χ2n) is 6.53. The van der Waals surface area contributed by atoms with Gasteiger partial charge in [-0.05, 0) is 31.9 Å². The van der Waals surface area contributed by atoms with Crippen LogP contribution in [0.4, 0.5) is 5.82 Å². The highest BCUT2D eigenvalue weighted by atomic mass is 15.2. The molecular formula is C17H18N6. The Morgan fingerprint density at radius 1 is 1.22 bits per heavy atom. The normalized spacial score (nSPS) is 17.5. The minimum Gasteiger partial charge on any atom is -0.350 e. The molecule has 6 heteroatoms. The summed E-state index contributed by atoms with van der Waals surface area (Å²) < 4.78 is 0. The van der Waals surface area contributed by atoms with Crippen LogP contribution < -0.4 is 4.90 Å². The van der Waals surface area contributed by atoms with Crippen LogP contribution in [-0.2, 0) is 13.0 Å². The van der Waals surface area contributed by atoms with Crippen molar-refractivity contribution in [2.45, 2.75) is 38.6 Å². The van der Waals surface area contributed by atoms with Crippen LogP contribution in [0.2, 0.25) is 0 Å². The molecule has 1 N–H and O–H groups in total. The summed E-state index contributed by atoms with van der Waals surface area (Å²) in [6.07, 6.45) is 5.16. The number of hydrogen-bond donors (Lipinski definition) is 1. The number of nitrogens with zero attached hydrogens (tertiary/aromatic N) is 5. The number of anilines is 1. The maximum Gasteiger partial charge on any atom is 0.158 e. The Bertz CT molecular complexity index is 895. The SMILES string of the molecule is Cc1ccc2ncnc(N3CCc4[nH]nc(C5CC5)c4C3)c2n1. The molecule has 1 fully saturated rings. The van der Waals surface area contributed by atoms with Crippen molar-refractivity contribution in [2.75, 3.05) is 11.4 Å². The zero-order valence-corrected chi connectivity index (χ0v) is 13.1. The lowest BCUT2D eigenvalue weighted by Gasteiger charge is -2.28. The minimum atomic E-state index is 0.664. The van der Waals surface area contributed by atoms with Crippen molar-refractivity contribution in [3.63, 3.8) is 0 Å². The van der Waals surface area contributed by atoms with E-state index < -0.39 is 0 Å². The Labute approximate surface area is 134 Å². The molecule has 0 radical (unpaired) electrons. The zero-order valence-electron chi connectivity index (χ0n) is 13.1. The highest BCUT2D eigenvalue weighted by Gasteiger charge is 2.32. The number of fused-ring (bicyclic) bond motifs is 2. The molecule has 0 bridgehead atoms. The quantitative estimate of drug-likeness (QED) is 0.787. The summed E-state index contributed by atoms with van der Waals surface area (Å²) in [7, 11) is 0. The average Bonchev–Trinajstić information content (AvgIpc) is 3.33. The number of nitrogens with one attached hydrogen (secondary N) is 1. The van der Waals surface area contributed by atoms with Crippen molar-refractivity contribution in [3.8, 4) is 0 Å². The van der Waals surface area contributed by atoms with Gasteiger partial charge in [0.15, 0.2) is 5.82 Å². The van der Waals surface area contributed by atoms with E-state index in [1.165, 1.54) is 29.8 Å². The summed E-state index contributed by atoms with van der Waals surface area (Å²) in [5.74, 6) is 1.60. The molecule has 0 unspecified atom stereocenters. The van der Waals surface area contributed by atoms with E-state index in [0.29, 0.717) is 5.92 Å². The molecule has 1 aliphatic carbocycles. The van der Waals surface area contributed by atoms with Crippen molar-refractivity contribution in [1.82, 2.24) is 25.1 Å². The number of hydrogen-bond acceptors (Lipinski definition) is 5. The third-order valence-electron chi connectivity index (χ3n) is 4.83. The molecule has 6 nitrogen and oxygen atoms in total. The number of aryl methyl sites for hydroxylation is 1. The highest BCUT2D eigenvalue weighted by molar-refractivity contribution is 5.85. The summed E-state index contributed by atoms with van der Waals surface area (Å²) in [5.41, 5.74) is 6.73. The smallest absolute Gasteiger partial charge is 0.158 e. The lowest BCUT2D eigenvalue weighted by atomic mass is 10.0. The van der Waals surface area contributed by atoms with Crippen molar-refractivity contribution >= 4 is 16.9 Å². The van der Waals surface area contributed by atoms with Crippen molar-refractivity contribution in [1.29, 1.82) is 0 Å². The summed E-state index contributed by atoms with van der Waals surface area (Å²) in [4.78, 5) is 15.9. The molecular weight excluding hydrogens is 288 g/mol. The molecule has 5 rings (SSSR count). The maximum atomic E-state index is 4.67. The van der Waals surface area contributed by atoms with E-state index in [2.05, 4.69) is 30.0 Å². The Morgan fingerprint density at radius 3 is 3.00 bits per heavy atom. The van der Waals surface area contributed by atoms with Gasteiger partial charge in [0.05, 0.1) is 11.2 Å². The predicted octanol–water partition coefficient (Wildman–Crippen LogP) is 2.50. The first-order valence-corrected chi connectivity index (χ1v) is 8.19. The van der Waals surface area contributed by atoms with Crippen molar-refractivity contribution in [2.24, 2.45) is 0 Å². The molecule has 0 amide bonds. The molecule has 0 atom stereocenters. The fourth-order valence-corrected chi connectivity index (χ4v) is 3.45. The van der Waals surface area contributed by atoms with Gasteiger partial charge in [0.25, 0.3) is 0 Å². The van der Waals surface area contributed by atoms with E-state index in [4.69, 9.17) is 0 Å². The third-order valence-corrected chi connectivity index (χ3v) is 4.83. The first kappa shape index (κ1) is 13.0. The van der Waals surface area contributed by atoms with Gasteiger partial charge in [-0.15, -0.1) is 0 Å². The van der Waals surface area contributed by atoms with Gasteiger partial charge in [0.2, 0.25) is 0 Å². The largest absolute Gasteiger partial charge is 0.350 e. The molecule has 3 aromatic heterocycles. The molecule has 1 aliphatic heterocycles. The molecule has 2 aliphatic rings. The second-order valence-corrected chi connectivity index (χ2v) is 6.53. The summed E-state index contributed by atoms with van der Waals surface area (Å²) in [6, 6.07) is 4.01. The number of rotatable bonds is 2. The number of aromatic nitrogens is 5. The molecule has 1 saturated carbocycles. The van der Waals surface area contributed by atoms with Gasteiger partial charge in [-0.1, -0.05) is 0 Å². The van der Waals surface area contributed by atoms with Crippen LogP contribution in [0, 0.1) is 6.92 Å².